The maximum atomic E-state index is 12.2. The second-order valence-electron chi connectivity index (χ2n) is 4.97. The molecule has 2 heterocycles. The van der Waals surface area contributed by atoms with Crippen molar-refractivity contribution in [2.24, 2.45) is 0 Å². The molecule has 0 saturated heterocycles. The molecule has 2 aromatic heterocycles. The van der Waals surface area contributed by atoms with Gasteiger partial charge >= 0.3 is 0 Å². The average molecular weight is 308 g/mol. The van der Waals surface area contributed by atoms with E-state index in [-0.39, 0.29) is 5.56 Å². The van der Waals surface area contributed by atoms with Gasteiger partial charge < -0.3 is 4.98 Å². The summed E-state index contributed by atoms with van der Waals surface area (Å²) in [5.74, 6) is 0.542. The highest BCUT2D eigenvalue weighted by atomic mass is 35.5. The highest BCUT2D eigenvalue weighted by Crippen LogP contribution is 2.22. The first kappa shape index (κ1) is 13.0. The van der Waals surface area contributed by atoms with Gasteiger partial charge in [-0.1, -0.05) is 23.7 Å². The van der Waals surface area contributed by atoms with Crippen molar-refractivity contribution >= 4 is 33.4 Å². The van der Waals surface area contributed by atoms with Crippen molar-refractivity contribution in [2.45, 2.75) is 0 Å². The van der Waals surface area contributed by atoms with Gasteiger partial charge in [0.1, 0.15) is 11.0 Å². The van der Waals surface area contributed by atoms with Crippen molar-refractivity contribution in [1.29, 1.82) is 0 Å². The Balaban J connectivity index is 1.94. The Morgan fingerprint density at radius 2 is 1.77 bits per heavy atom. The molecule has 0 atom stereocenters. The molecule has 0 bridgehead atoms. The summed E-state index contributed by atoms with van der Waals surface area (Å²) in [6, 6.07) is 16.6. The zero-order valence-electron chi connectivity index (χ0n) is 11.4. The summed E-state index contributed by atoms with van der Waals surface area (Å²) in [5, 5.41) is 1.98. The van der Waals surface area contributed by atoms with Crippen LogP contribution < -0.4 is 5.56 Å². The fourth-order valence-electron chi connectivity index (χ4n) is 2.47. The van der Waals surface area contributed by atoms with E-state index in [1.807, 2.05) is 42.5 Å². The largest absolute Gasteiger partial charge is 0.306 e. The zero-order chi connectivity index (χ0) is 15.1. The number of aromatic nitrogens is 3. The molecule has 0 fully saturated rings. The topological polar surface area (TPSA) is 58.6 Å². The maximum Gasteiger partial charge on any atom is 0.259 e. The van der Waals surface area contributed by atoms with E-state index in [0.717, 1.165) is 16.5 Å². The van der Waals surface area contributed by atoms with E-state index >= 15 is 0 Å². The van der Waals surface area contributed by atoms with Crippen molar-refractivity contribution in [3.05, 3.63) is 70.1 Å². The van der Waals surface area contributed by atoms with Gasteiger partial charge in [0.25, 0.3) is 5.56 Å². The van der Waals surface area contributed by atoms with Crippen LogP contribution >= 0.6 is 11.6 Å². The van der Waals surface area contributed by atoms with E-state index < -0.39 is 0 Å². The number of pyridine rings is 1. The molecular weight excluding hydrogens is 298 g/mol. The number of aromatic amines is 1. The third kappa shape index (κ3) is 2.14. The Morgan fingerprint density at radius 1 is 0.909 bits per heavy atom. The van der Waals surface area contributed by atoms with Crippen LogP contribution in [-0.2, 0) is 0 Å². The number of benzene rings is 2. The molecule has 5 heteroatoms. The van der Waals surface area contributed by atoms with Crippen molar-refractivity contribution in [1.82, 2.24) is 15.0 Å². The third-order valence-corrected chi connectivity index (χ3v) is 3.75. The third-order valence-electron chi connectivity index (χ3n) is 3.54. The lowest BCUT2D eigenvalue weighted by molar-refractivity contribution is 1.18. The molecule has 0 spiro atoms. The summed E-state index contributed by atoms with van der Waals surface area (Å²) in [6.45, 7) is 0. The molecule has 4 nitrogen and oxygen atoms in total. The monoisotopic (exact) mass is 307 g/mol. The molecule has 2 aromatic carbocycles. The number of rotatable bonds is 1. The summed E-state index contributed by atoms with van der Waals surface area (Å²) < 4.78 is 0. The zero-order valence-corrected chi connectivity index (χ0v) is 12.1. The van der Waals surface area contributed by atoms with E-state index in [1.54, 1.807) is 12.1 Å². The van der Waals surface area contributed by atoms with Gasteiger partial charge in [-0.05, 0) is 42.5 Å². The smallest absolute Gasteiger partial charge is 0.259 e. The van der Waals surface area contributed by atoms with Crippen LogP contribution in [0.3, 0.4) is 0 Å². The van der Waals surface area contributed by atoms with Gasteiger partial charge in [-0.15, -0.1) is 0 Å². The van der Waals surface area contributed by atoms with Crippen LogP contribution in [-0.4, -0.2) is 15.0 Å². The second kappa shape index (κ2) is 4.93. The molecule has 22 heavy (non-hydrogen) atoms. The van der Waals surface area contributed by atoms with Crippen LogP contribution in [0, 0.1) is 0 Å². The number of hydrogen-bond acceptors (Lipinski definition) is 3. The fraction of sp³-hybridized carbons (Fsp3) is 0. The molecule has 1 N–H and O–H groups in total. The first-order valence-electron chi connectivity index (χ1n) is 6.76. The predicted octanol–water partition coefficient (Wildman–Crippen LogP) is 3.79. The van der Waals surface area contributed by atoms with E-state index in [2.05, 4.69) is 15.0 Å². The molecule has 106 valence electrons. The van der Waals surface area contributed by atoms with Gasteiger partial charge in [0.05, 0.1) is 16.4 Å². The fourth-order valence-corrected chi connectivity index (χ4v) is 2.63. The average Bonchev–Trinajstić information content (AvgIpc) is 2.54. The van der Waals surface area contributed by atoms with Gasteiger partial charge in [0.15, 0.2) is 0 Å². The van der Waals surface area contributed by atoms with E-state index in [4.69, 9.17) is 11.6 Å². The van der Waals surface area contributed by atoms with Gasteiger partial charge in [0.2, 0.25) is 0 Å². The lowest BCUT2D eigenvalue weighted by Gasteiger charge is -2.05. The summed E-state index contributed by atoms with van der Waals surface area (Å²) in [7, 11) is 0. The summed E-state index contributed by atoms with van der Waals surface area (Å²) in [5.41, 5.74) is 2.17. The van der Waals surface area contributed by atoms with Crippen LogP contribution in [0.15, 0.2) is 59.4 Å². The van der Waals surface area contributed by atoms with Crippen LogP contribution in [0.1, 0.15) is 0 Å². The van der Waals surface area contributed by atoms with E-state index in [0.29, 0.717) is 21.9 Å². The number of fused-ring (bicyclic) bond motifs is 2. The first-order chi connectivity index (χ1) is 10.7. The Morgan fingerprint density at radius 3 is 2.68 bits per heavy atom. The number of para-hydroxylation sites is 1. The van der Waals surface area contributed by atoms with Crippen LogP contribution in [0.25, 0.3) is 33.2 Å². The molecule has 0 unspecified atom stereocenters. The van der Waals surface area contributed by atoms with Gasteiger partial charge in [-0.3, -0.25) is 4.79 Å². The molecule has 0 saturated carbocycles. The minimum atomic E-state index is -0.144. The highest BCUT2D eigenvalue weighted by molar-refractivity contribution is 6.29. The number of nitrogens with zero attached hydrogens (tertiary/aromatic N) is 2. The quantitative estimate of drug-likeness (QED) is 0.544. The maximum absolute atomic E-state index is 12.2. The lowest BCUT2D eigenvalue weighted by Crippen LogP contribution is -2.09. The lowest BCUT2D eigenvalue weighted by atomic mass is 10.1. The van der Waals surface area contributed by atoms with Crippen molar-refractivity contribution < 1.29 is 0 Å². The normalized spacial score (nSPS) is 11.1. The Kier molecular flexibility index (Phi) is 2.91. The van der Waals surface area contributed by atoms with Gasteiger partial charge in [0, 0.05) is 10.9 Å². The number of halogens is 1. The standard InChI is InChI=1S/C17H10ClN3O/c18-15-8-6-10-9-11(5-7-13(10)19-15)16-20-14-4-2-1-3-12(14)17(22)21-16/h1-9H,(H,20,21,22). The van der Waals surface area contributed by atoms with E-state index in [1.165, 1.54) is 0 Å². The molecule has 0 aliphatic rings. The molecule has 4 aromatic rings. The van der Waals surface area contributed by atoms with Crippen molar-refractivity contribution in [3.8, 4) is 11.4 Å². The molecule has 0 radical (unpaired) electrons. The van der Waals surface area contributed by atoms with Crippen LogP contribution in [0.2, 0.25) is 5.15 Å². The number of H-pyrrole nitrogens is 1. The molecule has 4 rings (SSSR count). The Hall–Kier alpha value is -2.72. The van der Waals surface area contributed by atoms with Crippen LogP contribution in [0.5, 0.6) is 0 Å². The van der Waals surface area contributed by atoms with Crippen molar-refractivity contribution in [3.63, 3.8) is 0 Å². The number of hydrogen-bond donors (Lipinski definition) is 1. The summed E-state index contributed by atoms with van der Waals surface area (Å²) >= 11 is 5.89. The van der Waals surface area contributed by atoms with Gasteiger partial charge in [-0.2, -0.15) is 0 Å². The molecule has 0 aliphatic carbocycles. The van der Waals surface area contributed by atoms with Crippen LogP contribution in [0.4, 0.5) is 0 Å². The molecule has 0 amide bonds. The second-order valence-corrected chi connectivity index (χ2v) is 5.36. The highest BCUT2D eigenvalue weighted by Gasteiger charge is 2.07. The molecule has 0 aliphatic heterocycles. The Bertz CT molecular complexity index is 1070. The van der Waals surface area contributed by atoms with Crippen molar-refractivity contribution in [2.75, 3.05) is 0 Å². The first-order valence-corrected chi connectivity index (χ1v) is 7.14. The summed E-state index contributed by atoms with van der Waals surface area (Å²) in [4.78, 5) is 23.8. The minimum absolute atomic E-state index is 0.144. The summed E-state index contributed by atoms with van der Waals surface area (Å²) in [6.07, 6.45) is 0. The minimum Gasteiger partial charge on any atom is -0.306 e. The van der Waals surface area contributed by atoms with E-state index in [9.17, 15) is 4.79 Å². The SMILES string of the molecule is O=c1[nH]c(-c2ccc3nc(Cl)ccc3c2)nc2ccccc12. The number of nitrogens with one attached hydrogen (secondary N) is 1. The predicted molar refractivity (Wildman–Crippen MR) is 88.1 cm³/mol. The van der Waals surface area contributed by atoms with Gasteiger partial charge in [-0.25, -0.2) is 9.97 Å². The molecular formula is C17H10ClN3O. The Labute approximate surface area is 130 Å².